The van der Waals surface area contributed by atoms with Crippen molar-refractivity contribution in [3.8, 4) is 11.4 Å². The standard InChI is InChI=1S/C15H15BrFN3/c16-11-8-9(6-7-12(11)17)15-19-13-5-3-1-2-4-10(13)14(18)20-15/h6-8H,1-5H2,(H2,18,19,20). The third-order valence-electron chi connectivity index (χ3n) is 3.64. The van der Waals surface area contributed by atoms with Crippen LogP contribution in [-0.2, 0) is 12.8 Å². The Morgan fingerprint density at radius 1 is 1.10 bits per heavy atom. The van der Waals surface area contributed by atoms with E-state index in [1.54, 1.807) is 12.1 Å². The Bertz CT molecular complexity index is 658. The number of halogens is 2. The number of aryl methyl sites for hydroxylation is 1. The minimum absolute atomic E-state index is 0.295. The maximum Gasteiger partial charge on any atom is 0.161 e. The lowest BCUT2D eigenvalue weighted by Crippen LogP contribution is -2.06. The van der Waals surface area contributed by atoms with Gasteiger partial charge in [0, 0.05) is 16.8 Å². The summed E-state index contributed by atoms with van der Waals surface area (Å²) < 4.78 is 13.7. The molecule has 0 spiro atoms. The van der Waals surface area contributed by atoms with Crippen molar-refractivity contribution in [2.75, 3.05) is 5.73 Å². The molecule has 0 atom stereocenters. The van der Waals surface area contributed by atoms with Crippen LogP contribution in [-0.4, -0.2) is 9.97 Å². The first kappa shape index (κ1) is 13.5. The van der Waals surface area contributed by atoms with Crippen LogP contribution in [0.15, 0.2) is 22.7 Å². The summed E-state index contributed by atoms with van der Waals surface area (Å²) in [5.74, 6) is 0.840. The van der Waals surface area contributed by atoms with Crippen molar-refractivity contribution in [1.29, 1.82) is 0 Å². The molecule has 0 saturated heterocycles. The molecule has 20 heavy (non-hydrogen) atoms. The molecule has 0 unspecified atom stereocenters. The van der Waals surface area contributed by atoms with Gasteiger partial charge in [-0.05, 0) is 59.8 Å². The minimum atomic E-state index is -0.295. The first-order valence-electron chi connectivity index (χ1n) is 6.76. The molecule has 3 nitrogen and oxygen atoms in total. The van der Waals surface area contributed by atoms with Crippen LogP contribution < -0.4 is 5.73 Å². The summed E-state index contributed by atoms with van der Waals surface area (Å²) in [5.41, 5.74) is 8.99. The molecule has 2 N–H and O–H groups in total. The van der Waals surface area contributed by atoms with Gasteiger partial charge >= 0.3 is 0 Å². The van der Waals surface area contributed by atoms with Crippen LogP contribution in [0.3, 0.4) is 0 Å². The second kappa shape index (κ2) is 5.48. The lowest BCUT2D eigenvalue weighted by Gasteiger charge is -2.10. The summed E-state index contributed by atoms with van der Waals surface area (Å²) in [6.45, 7) is 0. The third kappa shape index (κ3) is 2.54. The minimum Gasteiger partial charge on any atom is -0.383 e. The van der Waals surface area contributed by atoms with Gasteiger partial charge in [-0.25, -0.2) is 14.4 Å². The van der Waals surface area contributed by atoms with E-state index in [1.807, 2.05) is 0 Å². The fourth-order valence-electron chi connectivity index (χ4n) is 2.56. The maximum absolute atomic E-state index is 13.3. The summed E-state index contributed by atoms with van der Waals surface area (Å²) in [4.78, 5) is 9.03. The number of rotatable bonds is 1. The van der Waals surface area contributed by atoms with Crippen molar-refractivity contribution in [2.24, 2.45) is 0 Å². The van der Waals surface area contributed by atoms with Gasteiger partial charge < -0.3 is 5.73 Å². The Kier molecular flexibility index (Phi) is 3.70. The van der Waals surface area contributed by atoms with E-state index in [1.165, 1.54) is 12.5 Å². The van der Waals surface area contributed by atoms with E-state index in [2.05, 4.69) is 25.9 Å². The van der Waals surface area contributed by atoms with Crippen LogP contribution in [0, 0.1) is 5.82 Å². The SMILES string of the molecule is Nc1nc(-c2ccc(F)c(Br)c2)nc2c1CCCCC2. The fourth-order valence-corrected chi connectivity index (χ4v) is 2.94. The Morgan fingerprint density at radius 3 is 2.70 bits per heavy atom. The third-order valence-corrected chi connectivity index (χ3v) is 4.25. The number of anilines is 1. The van der Waals surface area contributed by atoms with Crippen LogP contribution in [0.5, 0.6) is 0 Å². The van der Waals surface area contributed by atoms with Gasteiger partial charge in [-0.1, -0.05) is 6.42 Å². The van der Waals surface area contributed by atoms with E-state index in [0.717, 1.165) is 42.5 Å². The van der Waals surface area contributed by atoms with E-state index in [0.29, 0.717) is 16.1 Å². The topological polar surface area (TPSA) is 51.8 Å². The van der Waals surface area contributed by atoms with Crippen LogP contribution in [0.2, 0.25) is 0 Å². The molecule has 3 rings (SSSR count). The normalized spacial score (nSPS) is 14.7. The molecule has 0 aliphatic heterocycles. The number of fused-ring (bicyclic) bond motifs is 1. The molecular weight excluding hydrogens is 321 g/mol. The molecule has 1 heterocycles. The zero-order valence-corrected chi connectivity index (χ0v) is 12.6. The fraction of sp³-hybridized carbons (Fsp3) is 0.333. The summed E-state index contributed by atoms with van der Waals surface area (Å²) in [6, 6.07) is 4.77. The number of nitrogens with two attached hydrogens (primary N) is 1. The zero-order valence-electron chi connectivity index (χ0n) is 11.0. The Hall–Kier alpha value is -1.49. The highest BCUT2D eigenvalue weighted by Crippen LogP contribution is 2.28. The number of benzene rings is 1. The van der Waals surface area contributed by atoms with Crippen LogP contribution in [0.4, 0.5) is 10.2 Å². The van der Waals surface area contributed by atoms with Gasteiger partial charge in [-0.15, -0.1) is 0 Å². The molecule has 1 aliphatic carbocycles. The molecule has 1 aliphatic rings. The molecule has 1 aromatic carbocycles. The van der Waals surface area contributed by atoms with Crippen molar-refractivity contribution in [1.82, 2.24) is 9.97 Å². The number of nitrogens with zero attached hydrogens (tertiary/aromatic N) is 2. The Balaban J connectivity index is 2.08. The van der Waals surface area contributed by atoms with E-state index in [9.17, 15) is 4.39 Å². The van der Waals surface area contributed by atoms with Gasteiger partial charge in [-0.2, -0.15) is 0 Å². The molecule has 0 amide bonds. The molecule has 1 aromatic heterocycles. The predicted octanol–water partition coefficient (Wildman–Crippen LogP) is 3.90. The second-order valence-electron chi connectivity index (χ2n) is 5.05. The maximum atomic E-state index is 13.3. The first-order chi connectivity index (χ1) is 9.65. The molecule has 2 aromatic rings. The van der Waals surface area contributed by atoms with E-state index >= 15 is 0 Å². The van der Waals surface area contributed by atoms with Crippen LogP contribution in [0.1, 0.15) is 30.5 Å². The Morgan fingerprint density at radius 2 is 1.90 bits per heavy atom. The highest BCUT2D eigenvalue weighted by molar-refractivity contribution is 9.10. The number of hydrogen-bond donors (Lipinski definition) is 1. The first-order valence-corrected chi connectivity index (χ1v) is 7.55. The number of nitrogen functional groups attached to an aromatic ring is 1. The average molecular weight is 336 g/mol. The number of aromatic nitrogens is 2. The second-order valence-corrected chi connectivity index (χ2v) is 5.90. The number of hydrogen-bond acceptors (Lipinski definition) is 3. The van der Waals surface area contributed by atoms with Crippen LogP contribution >= 0.6 is 15.9 Å². The van der Waals surface area contributed by atoms with Gasteiger partial charge in [0.1, 0.15) is 11.6 Å². The van der Waals surface area contributed by atoms with Gasteiger partial charge in [0.2, 0.25) is 0 Å². The molecular formula is C15H15BrFN3. The highest BCUT2D eigenvalue weighted by atomic mass is 79.9. The molecule has 0 saturated carbocycles. The van der Waals surface area contributed by atoms with Gasteiger partial charge in [0.25, 0.3) is 0 Å². The highest BCUT2D eigenvalue weighted by Gasteiger charge is 2.16. The van der Waals surface area contributed by atoms with Gasteiger partial charge in [-0.3, -0.25) is 0 Å². The van der Waals surface area contributed by atoms with Crippen molar-refractivity contribution >= 4 is 21.7 Å². The summed E-state index contributed by atoms with van der Waals surface area (Å²) in [6.07, 6.45) is 5.37. The Labute approximate surface area is 125 Å². The zero-order chi connectivity index (χ0) is 14.1. The summed E-state index contributed by atoms with van der Waals surface area (Å²) in [7, 11) is 0. The molecule has 0 radical (unpaired) electrons. The quantitative estimate of drug-likeness (QED) is 0.804. The van der Waals surface area contributed by atoms with E-state index in [4.69, 9.17) is 5.73 Å². The van der Waals surface area contributed by atoms with Crippen molar-refractivity contribution in [3.05, 3.63) is 39.7 Å². The van der Waals surface area contributed by atoms with E-state index in [-0.39, 0.29) is 5.82 Å². The summed E-state index contributed by atoms with van der Waals surface area (Å²) in [5, 5.41) is 0. The van der Waals surface area contributed by atoms with Crippen LogP contribution in [0.25, 0.3) is 11.4 Å². The van der Waals surface area contributed by atoms with E-state index < -0.39 is 0 Å². The molecule has 0 bridgehead atoms. The van der Waals surface area contributed by atoms with Crippen molar-refractivity contribution < 1.29 is 4.39 Å². The van der Waals surface area contributed by atoms with Crippen molar-refractivity contribution in [2.45, 2.75) is 32.1 Å². The smallest absolute Gasteiger partial charge is 0.161 e. The predicted molar refractivity (Wildman–Crippen MR) is 80.8 cm³/mol. The largest absolute Gasteiger partial charge is 0.383 e. The molecule has 5 heteroatoms. The lowest BCUT2D eigenvalue weighted by atomic mass is 10.1. The monoisotopic (exact) mass is 335 g/mol. The molecule has 104 valence electrons. The lowest BCUT2D eigenvalue weighted by molar-refractivity contribution is 0.621. The van der Waals surface area contributed by atoms with Crippen molar-refractivity contribution in [3.63, 3.8) is 0 Å². The average Bonchev–Trinajstić information content (AvgIpc) is 2.67. The molecule has 0 fully saturated rings. The summed E-state index contributed by atoms with van der Waals surface area (Å²) >= 11 is 3.19. The van der Waals surface area contributed by atoms with Gasteiger partial charge in [0.05, 0.1) is 4.47 Å². The van der Waals surface area contributed by atoms with Gasteiger partial charge in [0.15, 0.2) is 5.82 Å².